The molecule has 2 heteroatoms. The topological polar surface area (TPSA) is 23.5 Å². The quantitative estimate of drug-likeness (QED) is 0.846. The lowest BCUT2D eigenvalue weighted by Crippen LogP contribution is -2.35. The van der Waals surface area contributed by atoms with E-state index in [0.717, 1.165) is 18.0 Å². The van der Waals surface area contributed by atoms with Crippen molar-refractivity contribution in [2.45, 2.75) is 51.2 Å². The van der Waals surface area contributed by atoms with E-state index in [0.29, 0.717) is 0 Å². The van der Waals surface area contributed by atoms with E-state index in [1.807, 2.05) is 0 Å². The summed E-state index contributed by atoms with van der Waals surface area (Å²) in [5, 5.41) is 9.17. The van der Waals surface area contributed by atoms with Crippen molar-refractivity contribution in [3.05, 3.63) is 29.3 Å². The van der Waals surface area contributed by atoms with Crippen LogP contribution in [0.3, 0.4) is 0 Å². The third kappa shape index (κ3) is 2.06. The summed E-state index contributed by atoms with van der Waals surface area (Å²) in [5.74, 6) is 0. The summed E-state index contributed by atoms with van der Waals surface area (Å²) in [4.78, 5) is 2.61. The van der Waals surface area contributed by atoms with Crippen molar-refractivity contribution in [1.82, 2.24) is 0 Å². The highest BCUT2D eigenvalue weighted by Gasteiger charge is 2.27. The molecule has 92 valence electrons. The van der Waals surface area contributed by atoms with Crippen LogP contribution < -0.4 is 4.90 Å². The van der Waals surface area contributed by atoms with Crippen LogP contribution in [0, 0.1) is 0 Å². The minimum absolute atomic E-state index is 0.163. The SMILES string of the molecule is OCc1ccc2c(c1)CCN2C1CCCCC1. The van der Waals surface area contributed by atoms with Gasteiger partial charge < -0.3 is 10.0 Å². The molecular formula is C15H21NO. The van der Waals surface area contributed by atoms with Crippen LogP contribution in [0.5, 0.6) is 0 Å². The molecule has 3 rings (SSSR count). The van der Waals surface area contributed by atoms with Crippen LogP contribution in [0.1, 0.15) is 43.2 Å². The molecule has 0 spiro atoms. The van der Waals surface area contributed by atoms with Gasteiger partial charge in [-0.3, -0.25) is 0 Å². The zero-order valence-electron chi connectivity index (χ0n) is 10.4. The van der Waals surface area contributed by atoms with E-state index in [9.17, 15) is 0 Å². The molecule has 17 heavy (non-hydrogen) atoms. The van der Waals surface area contributed by atoms with Crippen molar-refractivity contribution in [3.63, 3.8) is 0 Å². The van der Waals surface area contributed by atoms with Gasteiger partial charge in [-0.25, -0.2) is 0 Å². The Balaban J connectivity index is 1.82. The average molecular weight is 231 g/mol. The molecule has 0 unspecified atom stereocenters. The Labute approximate surface area is 103 Å². The Bertz CT molecular complexity index is 396. The van der Waals surface area contributed by atoms with Crippen LogP contribution in [0.2, 0.25) is 0 Å². The predicted octanol–water partition coefficient (Wildman–Crippen LogP) is 2.87. The first-order valence-corrected chi connectivity index (χ1v) is 6.88. The maximum Gasteiger partial charge on any atom is 0.0681 e. The van der Waals surface area contributed by atoms with Crippen molar-refractivity contribution in [2.75, 3.05) is 11.4 Å². The largest absolute Gasteiger partial charge is 0.392 e. The first-order valence-electron chi connectivity index (χ1n) is 6.88. The normalized spacial score (nSPS) is 20.6. The molecule has 0 radical (unpaired) electrons. The van der Waals surface area contributed by atoms with Gasteiger partial charge >= 0.3 is 0 Å². The standard InChI is InChI=1S/C15H21NO/c17-11-12-6-7-15-13(10-12)8-9-16(15)14-4-2-1-3-5-14/h6-7,10,14,17H,1-5,8-9,11H2. The van der Waals surface area contributed by atoms with Crippen molar-refractivity contribution in [2.24, 2.45) is 0 Å². The number of fused-ring (bicyclic) bond motifs is 1. The summed E-state index contributed by atoms with van der Waals surface area (Å²) < 4.78 is 0. The number of hydrogen-bond acceptors (Lipinski definition) is 2. The Morgan fingerprint density at radius 1 is 1.18 bits per heavy atom. The smallest absolute Gasteiger partial charge is 0.0681 e. The number of aliphatic hydroxyl groups is 1. The molecule has 1 aliphatic heterocycles. The van der Waals surface area contributed by atoms with Gasteiger partial charge in [-0.15, -0.1) is 0 Å². The van der Waals surface area contributed by atoms with Crippen molar-refractivity contribution >= 4 is 5.69 Å². The fraction of sp³-hybridized carbons (Fsp3) is 0.600. The predicted molar refractivity (Wildman–Crippen MR) is 70.3 cm³/mol. The van der Waals surface area contributed by atoms with E-state index >= 15 is 0 Å². The number of anilines is 1. The molecule has 0 aromatic heterocycles. The molecule has 2 aliphatic rings. The lowest BCUT2D eigenvalue weighted by molar-refractivity contribution is 0.282. The summed E-state index contributed by atoms with van der Waals surface area (Å²) >= 11 is 0. The average Bonchev–Trinajstić information content (AvgIpc) is 2.82. The first-order chi connectivity index (χ1) is 8.38. The molecule has 0 saturated heterocycles. The van der Waals surface area contributed by atoms with Gasteiger partial charge in [-0.2, -0.15) is 0 Å². The van der Waals surface area contributed by atoms with Gasteiger partial charge in [0.05, 0.1) is 6.61 Å². The van der Waals surface area contributed by atoms with Gasteiger partial charge in [0.1, 0.15) is 0 Å². The third-order valence-electron chi connectivity index (χ3n) is 4.27. The fourth-order valence-corrected chi connectivity index (χ4v) is 3.35. The number of hydrogen-bond donors (Lipinski definition) is 1. The minimum atomic E-state index is 0.163. The second-order valence-electron chi connectivity index (χ2n) is 5.36. The molecule has 0 atom stereocenters. The van der Waals surface area contributed by atoms with E-state index in [2.05, 4.69) is 23.1 Å². The van der Waals surface area contributed by atoms with Crippen LogP contribution in [-0.4, -0.2) is 17.7 Å². The Morgan fingerprint density at radius 3 is 2.76 bits per heavy atom. The molecule has 1 fully saturated rings. The number of benzene rings is 1. The lowest BCUT2D eigenvalue weighted by atomic mass is 9.94. The number of nitrogens with zero attached hydrogens (tertiary/aromatic N) is 1. The zero-order valence-corrected chi connectivity index (χ0v) is 10.4. The molecule has 1 N–H and O–H groups in total. The van der Waals surface area contributed by atoms with Crippen LogP contribution in [0.15, 0.2) is 18.2 Å². The summed E-state index contributed by atoms with van der Waals surface area (Å²) in [6.45, 7) is 1.34. The van der Waals surface area contributed by atoms with Gasteiger partial charge in [0, 0.05) is 18.3 Å². The second kappa shape index (κ2) is 4.69. The maximum absolute atomic E-state index is 9.17. The maximum atomic E-state index is 9.17. The van der Waals surface area contributed by atoms with Crippen LogP contribution in [-0.2, 0) is 13.0 Å². The molecule has 1 aliphatic carbocycles. The highest BCUT2D eigenvalue weighted by molar-refractivity contribution is 5.59. The van der Waals surface area contributed by atoms with Gasteiger partial charge in [0.15, 0.2) is 0 Å². The summed E-state index contributed by atoms with van der Waals surface area (Å²) in [7, 11) is 0. The molecule has 2 nitrogen and oxygen atoms in total. The van der Waals surface area contributed by atoms with Gasteiger partial charge in [-0.05, 0) is 36.5 Å². The fourth-order valence-electron chi connectivity index (χ4n) is 3.35. The van der Waals surface area contributed by atoms with Crippen LogP contribution in [0.4, 0.5) is 5.69 Å². The van der Waals surface area contributed by atoms with Gasteiger partial charge in [0.25, 0.3) is 0 Å². The molecule has 1 aromatic rings. The molecule has 1 heterocycles. The lowest BCUT2D eigenvalue weighted by Gasteiger charge is -2.33. The van der Waals surface area contributed by atoms with Crippen LogP contribution in [0.25, 0.3) is 0 Å². The van der Waals surface area contributed by atoms with Gasteiger partial charge in [0.2, 0.25) is 0 Å². The van der Waals surface area contributed by atoms with Crippen LogP contribution >= 0.6 is 0 Å². The van der Waals surface area contributed by atoms with Crippen molar-refractivity contribution < 1.29 is 5.11 Å². The summed E-state index contributed by atoms with van der Waals surface area (Å²) in [6, 6.07) is 7.23. The minimum Gasteiger partial charge on any atom is -0.392 e. The second-order valence-corrected chi connectivity index (χ2v) is 5.36. The van der Waals surface area contributed by atoms with E-state index in [4.69, 9.17) is 5.11 Å². The highest BCUT2D eigenvalue weighted by atomic mass is 16.3. The van der Waals surface area contributed by atoms with E-state index in [1.165, 1.54) is 49.9 Å². The Hall–Kier alpha value is -1.02. The van der Waals surface area contributed by atoms with E-state index in [1.54, 1.807) is 0 Å². The number of aliphatic hydroxyl groups excluding tert-OH is 1. The monoisotopic (exact) mass is 231 g/mol. The highest BCUT2D eigenvalue weighted by Crippen LogP contribution is 2.34. The molecule has 0 amide bonds. The molecule has 1 aromatic carbocycles. The molecule has 1 saturated carbocycles. The first kappa shape index (κ1) is 11.1. The summed E-state index contributed by atoms with van der Waals surface area (Å²) in [6.07, 6.45) is 8.08. The Morgan fingerprint density at radius 2 is 2.00 bits per heavy atom. The molecule has 0 bridgehead atoms. The van der Waals surface area contributed by atoms with Crippen molar-refractivity contribution in [3.8, 4) is 0 Å². The molecular weight excluding hydrogens is 210 g/mol. The third-order valence-corrected chi connectivity index (χ3v) is 4.27. The Kier molecular flexibility index (Phi) is 3.06. The van der Waals surface area contributed by atoms with Crippen molar-refractivity contribution in [1.29, 1.82) is 0 Å². The van der Waals surface area contributed by atoms with Gasteiger partial charge in [-0.1, -0.05) is 31.4 Å². The van der Waals surface area contributed by atoms with E-state index < -0.39 is 0 Å². The van der Waals surface area contributed by atoms with E-state index in [-0.39, 0.29) is 6.61 Å². The zero-order chi connectivity index (χ0) is 11.7. The number of rotatable bonds is 2. The summed E-state index contributed by atoms with van der Waals surface area (Å²) in [5.41, 5.74) is 3.91.